The van der Waals surface area contributed by atoms with Crippen LogP contribution in [0.15, 0.2) is 47.1 Å². The second kappa shape index (κ2) is 10.2. The standard InChI is InChI=1S/C22H30N2O3/c1-2-3-6-15-26-19-11-9-18(10-12-19)22(25)23-17-20(21-8-7-16-27-21)24-13-4-5-14-24/h7-12,16,20H,2-6,13-15,17H2,1H3,(H,23,25)/t20-/m1/s1. The lowest BCUT2D eigenvalue weighted by molar-refractivity contribution is 0.0933. The maximum absolute atomic E-state index is 12.5. The third kappa shape index (κ3) is 5.60. The summed E-state index contributed by atoms with van der Waals surface area (Å²) in [5, 5.41) is 3.06. The van der Waals surface area contributed by atoms with E-state index >= 15 is 0 Å². The summed E-state index contributed by atoms with van der Waals surface area (Å²) < 4.78 is 11.3. The molecule has 146 valence electrons. The molecule has 1 atom stereocenters. The van der Waals surface area contributed by atoms with Gasteiger partial charge in [0, 0.05) is 12.1 Å². The van der Waals surface area contributed by atoms with E-state index in [1.807, 2.05) is 36.4 Å². The topological polar surface area (TPSA) is 54.7 Å². The highest BCUT2D eigenvalue weighted by atomic mass is 16.5. The smallest absolute Gasteiger partial charge is 0.251 e. The Balaban J connectivity index is 1.52. The van der Waals surface area contributed by atoms with Crippen molar-refractivity contribution in [2.75, 3.05) is 26.2 Å². The zero-order chi connectivity index (χ0) is 18.9. The second-order valence-corrected chi connectivity index (χ2v) is 7.06. The number of amides is 1. The van der Waals surface area contributed by atoms with Crippen molar-refractivity contribution >= 4 is 5.91 Å². The molecule has 0 aliphatic carbocycles. The fraction of sp³-hybridized carbons (Fsp3) is 0.500. The van der Waals surface area contributed by atoms with Crippen molar-refractivity contribution < 1.29 is 13.9 Å². The Bertz CT molecular complexity index is 676. The molecule has 0 unspecified atom stereocenters. The lowest BCUT2D eigenvalue weighted by Crippen LogP contribution is -2.36. The van der Waals surface area contributed by atoms with Gasteiger partial charge in [-0.1, -0.05) is 19.8 Å². The Labute approximate surface area is 161 Å². The van der Waals surface area contributed by atoms with E-state index in [9.17, 15) is 4.79 Å². The molecule has 1 aliphatic rings. The van der Waals surface area contributed by atoms with Crippen molar-refractivity contribution in [3.8, 4) is 5.75 Å². The Kier molecular flexibility index (Phi) is 7.34. The number of nitrogens with zero attached hydrogens (tertiary/aromatic N) is 1. The predicted octanol–water partition coefficient (Wildman–Crippen LogP) is 4.42. The second-order valence-electron chi connectivity index (χ2n) is 7.06. The van der Waals surface area contributed by atoms with E-state index in [0.29, 0.717) is 12.1 Å². The number of nitrogens with one attached hydrogen (secondary N) is 1. The Morgan fingerprint density at radius 2 is 1.96 bits per heavy atom. The van der Waals surface area contributed by atoms with Gasteiger partial charge in [-0.15, -0.1) is 0 Å². The number of carbonyl (C=O) groups excluding carboxylic acids is 1. The minimum atomic E-state index is -0.0664. The van der Waals surface area contributed by atoms with E-state index in [4.69, 9.17) is 9.15 Å². The fourth-order valence-electron chi connectivity index (χ4n) is 3.48. The van der Waals surface area contributed by atoms with Crippen LogP contribution in [-0.4, -0.2) is 37.0 Å². The van der Waals surface area contributed by atoms with Gasteiger partial charge in [-0.2, -0.15) is 0 Å². The number of rotatable bonds is 10. The highest BCUT2D eigenvalue weighted by molar-refractivity contribution is 5.94. The molecular weight excluding hydrogens is 340 g/mol. The molecule has 1 amide bonds. The largest absolute Gasteiger partial charge is 0.494 e. The highest BCUT2D eigenvalue weighted by Crippen LogP contribution is 2.25. The summed E-state index contributed by atoms with van der Waals surface area (Å²) in [6.45, 7) is 5.53. The number of carbonyl (C=O) groups is 1. The third-order valence-electron chi connectivity index (χ3n) is 5.04. The molecule has 1 aliphatic heterocycles. The number of hydrogen-bond acceptors (Lipinski definition) is 4. The third-order valence-corrected chi connectivity index (χ3v) is 5.04. The molecule has 27 heavy (non-hydrogen) atoms. The maximum Gasteiger partial charge on any atom is 0.251 e. The van der Waals surface area contributed by atoms with Gasteiger partial charge in [0.25, 0.3) is 5.91 Å². The first kappa shape index (κ1) is 19.5. The predicted molar refractivity (Wildman–Crippen MR) is 106 cm³/mol. The number of furan rings is 1. The van der Waals surface area contributed by atoms with E-state index in [2.05, 4.69) is 17.1 Å². The van der Waals surface area contributed by atoms with Crippen LogP contribution < -0.4 is 10.1 Å². The first-order chi connectivity index (χ1) is 13.3. The van der Waals surface area contributed by atoms with Crippen LogP contribution in [0.4, 0.5) is 0 Å². The summed E-state index contributed by atoms with van der Waals surface area (Å²) in [5.74, 6) is 1.66. The first-order valence-electron chi connectivity index (χ1n) is 10.1. The Morgan fingerprint density at radius 1 is 1.19 bits per heavy atom. The zero-order valence-corrected chi connectivity index (χ0v) is 16.2. The number of unbranched alkanes of at least 4 members (excludes halogenated alkanes) is 2. The minimum absolute atomic E-state index is 0.0664. The van der Waals surface area contributed by atoms with Gasteiger partial charge in [0.05, 0.1) is 18.9 Å². The van der Waals surface area contributed by atoms with Gasteiger partial charge < -0.3 is 14.5 Å². The van der Waals surface area contributed by atoms with Crippen LogP contribution in [0, 0.1) is 0 Å². The van der Waals surface area contributed by atoms with Crippen molar-refractivity contribution in [3.63, 3.8) is 0 Å². The molecule has 1 aromatic carbocycles. The van der Waals surface area contributed by atoms with Crippen molar-refractivity contribution in [1.82, 2.24) is 10.2 Å². The number of benzene rings is 1. The Morgan fingerprint density at radius 3 is 2.63 bits per heavy atom. The Hall–Kier alpha value is -2.27. The lowest BCUT2D eigenvalue weighted by atomic mass is 10.1. The monoisotopic (exact) mass is 370 g/mol. The molecular formula is C22H30N2O3. The number of ether oxygens (including phenoxy) is 1. The van der Waals surface area contributed by atoms with E-state index < -0.39 is 0 Å². The zero-order valence-electron chi connectivity index (χ0n) is 16.2. The molecule has 1 saturated heterocycles. The van der Waals surface area contributed by atoms with Crippen LogP contribution >= 0.6 is 0 Å². The highest BCUT2D eigenvalue weighted by Gasteiger charge is 2.26. The van der Waals surface area contributed by atoms with E-state index in [0.717, 1.165) is 37.6 Å². The minimum Gasteiger partial charge on any atom is -0.494 e. The summed E-state index contributed by atoms with van der Waals surface area (Å²) in [7, 11) is 0. The average molecular weight is 370 g/mol. The summed E-state index contributed by atoms with van der Waals surface area (Å²) in [6, 6.07) is 11.4. The molecule has 5 heteroatoms. The van der Waals surface area contributed by atoms with Crippen LogP contribution in [0.5, 0.6) is 5.75 Å². The summed E-state index contributed by atoms with van der Waals surface area (Å²) in [5.41, 5.74) is 0.649. The molecule has 0 saturated carbocycles. The molecule has 1 N–H and O–H groups in total. The lowest BCUT2D eigenvalue weighted by Gasteiger charge is -2.26. The number of likely N-dealkylation sites (tertiary alicyclic amines) is 1. The SMILES string of the molecule is CCCCCOc1ccc(C(=O)NC[C@H](c2ccco2)N2CCCC2)cc1. The maximum atomic E-state index is 12.5. The normalized spacial score (nSPS) is 15.6. The molecule has 0 bridgehead atoms. The quantitative estimate of drug-likeness (QED) is 0.629. The summed E-state index contributed by atoms with van der Waals surface area (Å²) in [6.07, 6.45) is 7.51. The van der Waals surface area contributed by atoms with Crippen LogP contribution in [0.1, 0.15) is 61.2 Å². The summed E-state index contributed by atoms with van der Waals surface area (Å²) >= 11 is 0. The molecule has 1 aromatic heterocycles. The molecule has 5 nitrogen and oxygen atoms in total. The van der Waals surface area contributed by atoms with Crippen molar-refractivity contribution in [2.24, 2.45) is 0 Å². The molecule has 0 spiro atoms. The average Bonchev–Trinajstić information content (AvgIpc) is 3.40. The summed E-state index contributed by atoms with van der Waals surface area (Å²) in [4.78, 5) is 14.9. The molecule has 1 fully saturated rings. The molecule has 2 heterocycles. The van der Waals surface area contributed by atoms with Crippen molar-refractivity contribution in [3.05, 3.63) is 54.0 Å². The fourth-order valence-corrected chi connectivity index (χ4v) is 3.48. The molecule has 2 aromatic rings. The van der Waals surface area contributed by atoms with Crippen molar-refractivity contribution in [2.45, 2.75) is 45.1 Å². The molecule has 3 rings (SSSR count). The van der Waals surface area contributed by atoms with Gasteiger partial charge in [0.2, 0.25) is 0 Å². The van der Waals surface area contributed by atoms with Gasteiger partial charge in [-0.3, -0.25) is 9.69 Å². The first-order valence-corrected chi connectivity index (χ1v) is 10.1. The van der Waals surface area contributed by atoms with Gasteiger partial charge >= 0.3 is 0 Å². The number of hydrogen-bond donors (Lipinski definition) is 1. The van der Waals surface area contributed by atoms with Gasteiger partial charge in [-0.25, -0.2) is 0 Å². The van der Waals surface area contributed by atoms with Crippen LogP contribution in [0.3, 0.4) is 0 Å². The van der Waals surface area contributed by atoms with E-state index in [1.165, 1.54) is 25.7 Å². The molecule has 0 radical (unpaired) electrons. The van der Waals surface area contributed by atoms with Gasteiger partial charge in [-0.05, 0) is 68.8 Å². The van der Waals surface area contributed by atoms with Gasteiger partial charge in [0.15, 0.2) is 0 Å². The van der Waals surface area contributed by atoms with Crippen LogP contribution in [0.2, 0.25) is 0 Å². The van der Waals surface area contributed by atoms with Gasteiger partial charge in [0.1, 0.15) is 11.5 Å². The van der Waals surface area contributed by atoms with Crippen LogP contribution in [0.25, 0.3) is 0 Å². The van der Waals surface area contributed by atoms with E-state index in [1.54, 1.807) is 6.26 Å². The van der Waals surface area contributed by atoms with Crippen molar-refractivity contribution in [1.29, 1.82) is 0 Å². The van der Waals surface area contributed by atoms with Crippen LogP contribution in [-0.2, 0) is 0 Å². The van der Waals surface area contributed by atoms with E-state index in [-0.39, 0.29) is 11.9 Å².